The number of ketones is 1. The third kappa shape index (κ3) is 1.09. The van der Waals surface area contributed by atoms with Crippen molar-refractivity contribution in [3.05, 3.63) is 0 Å². The van der Waals surface area contributed by atoms with Crippen molar-refractivity contribution in [1.82, 2.24) is 0 Å². The van der Waals surface area contributed by atoms with E-state index in [0.29, 0.717) is 0 Å². The average Bonchev–Trinajstić information content (AvgIpc) is 2.11. The van der Waals surface area contributed by atoms with E-state index in [-0.39, 0.29) is 0 Å². The number of nitrogens with two attached hydrogens (primary N) is 1. The lowest BCUT2D eigenvalue weighted by Gasteiger charge is -1.88. The van der Waals surface area contributed by atoms with E-state index in [9.17, 15) is 13.2 Å². The highest BCUT2D eigenvalue weighted by molar-refractivity contribution is 8.06. The van der Waals surface area contributed by atoms with Gasteiger partial charge in [-0.25, -0.2) is 13.6 Å². The van der Waals surface area contributed by atoms with Crippen molar-refractivity contribution in [3.8, 4) is 0 Å². The van der Waals surface area contributed by atoms with Gasteiger partial charge in [-0.05, 0) is 0 Å². The van der Waals surface area contributed by atoms with Gasteiger partial charge in [0.15, 0.2) is 0 Å². The van der Waals surface area contributed by atoms with Crippen LogP contribution in [0.15, 0.2) is 10.2 Å². The molecular weight excluding hydrogens is 158 g/mol. The molecule has 10 heavy (non-hydrogen) atoms. The van der Waals surface area contributed by atoms with E-state index in [4.69, 9.17) is 0 Å². The molecule has 54 valence electrons. The zero-order valence-electron chi connectivity index (χ0n) is 4.68. The highest BCUT2D eigenvalue weighted by Gasteiger charge is 2.24. The molecule has 1 rings (SSSR count). The second-order valence-corrected chi connectivity index (χ2v) is 3.04. The molecule has 0 aromatic rings. The molecule has 0 atom stereocenters. The van der Waals surface area contributed by atoms with E-state index in [1.807, 2.05) is 0 Å². The number of hydrogen-bond donors (Lipinski definition) is 1. The summed E-state index contributed by atoms with van der Waals surface area (Å²) in [6.07, 6.45) is 0.791. The van der Waals surface area contributed by atoms with Gasteiger partial charge in [-0.2, -0.15) is 5.10 Å². The molecule has 0 aromatic heterocycles. The zero-order valence-corrected chi connectivity index (χ0v) is 5.50. The lowest BCUT2D eigenvalue weighted by atomic mass is 10.5. The summed E-state index contributed by atoms with van der Waals surface area (Å²) in [4.78, 5) is 10.5. The minimum atomic E-state index is -3.98. The molecule has 7 heteroatoms. The SMILES string of the molecule is NS(=O)(=O)C1=NN=CC1=O. The fraction of sp³-hybridized carbons (Fsp3) is 0. The Kier molecular flexibility index (Phi) is 1.38. The van der Waals surface area contributed by atoms with E-state index >= 15 is 0 Å². The topological polar surface area (TPSA) is 102 Å². The molecule has 1 aliphatic heterocycles. The summed E-state index contributed by atoms with van der Waals surface area (Å²) in [7, 11) is -3.98. The first-order valence-corrected chi connectivity index (χ1v) is 3.74. The summed E-state index contributed by atoms with van der Waals surface area (Å²) in [5.41, 5.74) is 0. The van der Waals surface area contributed by atoms with Crippen molar-refractivity contribution in [3.63, 3.8) is 0 Å². The van der Waals surface area contributed by atoms with E-state index in [1.165, 1.54) is 0 Å². The fourth-order valence-electron chi connectivity index (χ4n) is 0.435. The van der Waals surface area contributed by atoms with Crippen LogP contribution in [0.1, 0.15) is 0 Å². The van der Waals surface area contributed by atoms with Crippen molar-refractivity contribution >= 4 is 27.1 Å². The predicted octanol–water partition coefficient (Wildman–Crippen LogP) is -1.76. The van der Waals surface area contributed by atoms with E-state index in [0.717, 1.165) is 6.21 Å². The standard InChI is InChI=1S/C3H3N3O3S/c4-10(8,9)3-2(7)1-5-6-3/h1H,(H2,4,8,9). The average molecular weight is 161 g/mol. The maximum atomic E-state index is 10.5. The largest absolute Gasteiger partial charge is 0.285 e. The number of Topliss-reactive ketones (excluding diaryl/α,β-unsaturated/α-hetero) is 1. The van der Waals surface area contributed by atoms with E-state index in [1.54, 1.807) is 0 Å². The van der Waals surface area contributed by atoms with Crippen LogP contribution in [0.5, 0.6) is 0 Å². The molecule has 0 aromatic carbocycles. The summed E-state index contributed by atoms with van der Waals surface area (Å²) in [6, 6.07) is 0. The smallest absolute Gasteiger partial charge is 0.261 e. The van der Waals surface area contributed by atoms with Gasteiger partial charge in [0.25, 0.3) is 10.0 Å². The summed E-state index contributed by atoms with van der Waals surface area (Å²) in [5, 5.41) is 9.95. The molecule has 1 heterocycles. The number of sulfonamides is 1. The highest BCUT2D eigenvalue weighted by Crippen LogP contribution is 1.94. The fourth-order valence-corrected chi connectivity index (χ4v) is 0.929. The van der Waals surface area contributed by atoms with Crippen LogP contribution in [0.4, 0.5) is 0 Å². The summed E-state index contributed by atoms with van der Waals surface area (Å²) in [5.74, 6) is -0.775. The van der Waals surface area contributed by atoms with Crippen LogP contribution >= 0.6 is 0 Å². The molecule has 0 aliphatic carbocycles. The summed E-state index contributed by atoms with van der Waals surface area (Å²) in [6.45, 7) is 0. The molecule has 0 bridgehead atoms. The monoisotopic (exact) mass is 161 g/mol. The van der Waals surface area contributed by atoms with Crippen molar-refractivity contribution < 1.29 is 13.2 Å². The molecule has 0 radical (unpaired) electrons. The van der Waals surface area contributed by atoms with Crippen molar-refractivity contribution in [1.29, 1.82) is 0 Å². The predicted molar refractivity (Wildman–Crippen MR) is 34.0 cm³/mol. The van der Waals surface area contributed by atoms with Gasteiger partial charge in [0.05, 0.1) is 0 Å². The molecule has 1 aliphatic rings. The minimum absolute atomic E-state index is 0.701. The summed E-state index contributed by atoms with van der Waals surface area (Å²) >= 11 is 0. The van der Waals surface area contributed by atoms with Gasteiger partial charge in [-0.1, -0.05) is 0 Å². The molecule has 0 saturated carbocycles. The first kappa shape index (κ1) is 7.03. The van der Waals surface area contributed by atoms with Crippen LogP contribution in [0.2, 0.25) is 0 Å². The Morgan fingerprint density at radius 2 is 2.10 bits per heavy atom. The molecular formula is C3H3N3O3S. The molecule has 0 saturated heterocycles. The van der Waals surface area contributed by atoms with Gasteiger partial charge in [0.1, 0.15) is 6.21 Å². The Balaban J connectivity index is 3.12. The third-order valence-corrected chi connectivity index (χ3v) is 1.63. The first-order valence-electron chi connectivity index (χ1n) is 2.20. The van der Waals surface area contributed by atoms with Gasteiger partial charge in [0.2, 0.25) is 10.8 Å². The van der Waals surface area contributed by atoms with Crippen LogP contribution in [0.25, 0.3) is 0 Å². The van der Waals surface area contributed by atoms with Gasteiger partial charge in [-0.3, -0.25) is 4.79 Å². The molecule has 0 amide bonds. The van der Waals surface area contributed by atoms with Crippen molar-refractivity contribution in [2.24, 2.45) is 15.3 Å². The minimum Gasteiger partial charge on any atom is -0.285 e. The Hall–Kier alpha value is -1.08. The number of carbonyl (C=O) groups excluding carboxylic acids is 1. The summed E-state index contributed by atoms with van der Waals surface area (Å²) < 4.78 is 20.8. The van der Waals surface area contributed by atoms with E-state index < -0.39 is 20.9 Å². The molecule has 0 spiro atoms. The van der Waals surface area contributed by atoms with Crippen molar-refractivity contribution in [2.45, 2.75) is 0 Å². The Morgan fingerprint density at radius 3 is 2.30 bits per heavy atom. The Labute approximate surface area is 56.5 Å². The second kappa shape index (κ2) is 1.96. The lowest BCUT2D eigenvalue weighted by Crippen LogP contribution is -2.28. The van der Waals surface area contributed by atoms with Gasteiger partial charge < -0.3 is 0 Å². The van der Waals surface area contributed by atoms with E-state index in [2.05, 4.69) is 15.3 Å². The van der Waals surface area contributed by atoms with Crippen LogP contribution in [-0.4, -0.2) is 25.5 Å². The molecule has 0 fully saturated rings. The maximum absolute atomic E-state index is 10.5. The number of rotatable bonds is 0. The van der Waals surface area contributed by atoms with Crippen LogP contribution < -0.4 is 5.14 Å². The van der Waals surface area contributed by atoms with Crippen LogP contribution in [0.3, 0.4) is 0 Å². The lowest BCUT2D eigenvalue weighted by molar-refractivity contribution is -0.106. The van der Waals surface area contributed by atoms with Gasteiger partial charge in [-0.15, -0.1) is 5.10 Å². The Morgan fingerprint density at radius 1 is 1.50 bits per heavy atom. The maximum Gasteiger partial charge on any atom is 0.261 e. The van der Waals surface area contributed by atoms with Gasteiger partial charge in [0, 0.05) is 0 Å². The second-order valence-electron chi connectivity index (χ2n) is 1.56. The highest BCUT2D eigenvalue weighted by atomic mass is 32.2. The molecule has 0 unspecified atom stereocenters. The molecule has 6 nitrogen and oxygen atoms in total. The third-order valence-electron chi connectivity index (χ3n) is 0.804. The zero-order chi connectivity index (χ0) is 7.78. The number of carbonyl (C=O) groups is 1. The molecule has 2 N–H and O–H groups in total. The normalized spacial score (nSPS) is 17.7. The number of nitrogens with zero attached hydrogens (tertiary/aromatic N) is 2. The first-order chi connectivity index (χ1) is 4.52. The van der Waals surface area contributed by atoms with Crippen LogP contribution in [0, 0.1) is 0 Å². The Bertz CT molecular complexity index is 325. The quantitative estimate of drug-likeness (QED) is 0.455. The number of primary sulfonamides is 1. The van der Waals surface area contributed by atoms with Crippen molar-refractivity contribution in [2.75, 3.05) is 0 Å². The number of hydrogen-bond acceptors (Lipinski definition) is 5. The van der Waals surface area contributed by atoms with Gasteiger partial charge >= 0.3 is 0 Å². The van der Waals surface area contributed by atoms with Crippen LogP contribution in [-0.2, 0) is 14.8 Å².